The van der Waals surface area contributed by atoms with Gasteiger partial charge in [-0.05, 0) is 24.4 Å². The standard InChI is InChI=1S/C13H14FNS/c1-13(15,9-10-5-4-8-16-10)11-6-2-3-7-12(11)14/h2-8H,9,15H2,1H3. The molecule has 2 aromatic rings. The minimum absolute atomic E-state index is 0.232. The van der Waals surface area contributed by atoms with Crippen LogP contribution in [0.25, 0.3) is 0 Å². The van der Waals surface area contributed by atoms with Crippen LogP contribution < -0.4 is 5.73 Å². The number of benzene rings is 1. The van der Waals surface area contributed by atoms with Gasteiger partial charge in [0.15, 0.2) is 0 Å². The fourth-order valence-corrected chi connectivity index (χ4v) is 2.67. The van der Waals surface area contributed by atoms with Gasteiger partial charge in [-0.3, -0.25) is 0 Å². The Morgan fingerprint density at radius 1 is 1.25 bits per heavy atom. The molecule has 0 saturated heterocycles. The molecule has 1 aromatic heterocycles. The van der Waals surface area contributed by atoms with Crippen molar-refractivity contribution in [2.24, 2.45) is 5.73 Å². The highest BCUT2D eigenvalue weighted by Crippen LogP contribution is 2.26. The van der Waals surface area contributed by atoms with Crippen LogP contribution in [-0.2, 0) is 12.0 Å². The molecule has 0 aliphatic heterocycles. The van der Waals surface area contributed by atoms with Crippen LogP contribution in [-0.4, -0.2) is 0 Å². The largest absolute Gasteiger partial charge is 0.321 e. The molecule has 2 N–H and O–H groups in total. The van der Waals surface area contributed by atoms with Crippen LogP contribution >= 0.6 is 11.3 Å². The van der Waals surface area contributed by atoms with E-state index in [1.165, 1.54) is 10.9 Å². The Morgan fingerprint density at radius 3 is 2.62 bits per heavy atom. The normalized spacial score (nSPS) is 14.7. The van der Waals surface area contributed by atoms with Crippen LogP contribution in [0.1, 0.15) is 17.4 Å². The second kappa shape index (κ2) is 4.36. The van der Waals surface area contributed by atoms with Gasteiger partial charge in [-0.2, -0.15) is 0 Å². The molecule has 1 atom stereocenters. The van der Waals surface area contributed by atoms with Crippen molar-refractivity contribution < 1.29 is 4.39 Å². The molecule has 0 bridgehead atoms. The summed E-state index contributed by atoms with van der Waals surface area (Å²) in [7, 11) is 0. The van der Waals surface area contributed by atoms with Crippen LogP contribution in [0.15, 0.2) is 41.8 Å². The Labute approximate surface area is 98.7 Å². The highest BCUT2D eigenvalue weighted by atomic mass is 32.1. The number of rotatable bonds is 3. The maximum Gasteiger partial charge on any atom is 0.128 e. The van der Waals surface area contributed by atoms with E-state index in [1.807, 2.05) is 30.5 Å². The summed E-state index contributed by atoms with van der Waals surface area (Å²) in [5.41, 5.74) is 6.11. The van der Waals surface area contributed by atoms with Gasteiger partial charge in [0.2, 0.25) is 0 Å². The first-order valence-corrected chi connectivity index (χ1v) is 6.04. The zero-order valence-corrected chi connectivity index (χ0v) is 9.93. The lowest BCUT2D eigenvalue weighted by Gasteiger charge is -2.25. The Bertz CT molecular complexity index is 463. The lowest BCUT2D eigenvalue weighted by molar-refractivity contribution is 0.460. The molecule has 0 amide bonds. The van der Waals surface area contributed by atoms with Gasteiger partial charge in [0, 0.05) is 22.4 Å². The van der Waals surface area contributed by atoms with E-state index in [0.717, 1.165) is 0 Å². The third-order valence-electron chi connectivity index (χ3n) is 2.61. The second-order valence-corrected chi connectivity index (χ2v) is 5.19. The lowest BCUT2D eigenvalue weighted by atomic mass is 9.89. The van der Waals surface area contributed by atoms with Gasteiger partial charge in [-0.25, -0.2) is 4.39 Å². The molecular weight excluding hydrogens is 221 g/mol. The molecule has 0 aliphatic rings. The summed E-state index contributed by atoms with van der Waals surface area (Å²) < 4.78 is 13.6. The summed E-state index contributed by atoms with van der Waals surface area (Å²) in [4.78, 5) is 1.17. The summed E-state index contributed by atoms with van der Waals surface area (Å²) >= 11 is 1.65. The zero-order chi connectivity index (χ0) is 11.6. The van der Waals surface area contributed by atoms with E-state index < -0.39 is 5.54 Å². The molecule has 0 aliphatic carbocycles. The van der Waals surface area contributed by atoms with Crippen LogP contribution in [0.3, 0.4) is 0 Å². The zero-order valence-electron chi connectivity index (χ0n) is 9.11. The molecular formula is C13H14FNS. The number of hydrogen-bond donors (Lipinski definition) is 1. The van der Waals surface area contributed by atoms with E-state index in [1.54, 1.807) is 23.5 Å². The van der Waals surface area contributed by atoms with E-state index in [2.05, 4.69) is 0 Å². The molecule has 2 rings (SSSR count). The van der Waals surface area contributed by atoms with E-state index in [-0.39, 0.29) is 5.82 Å². The Kier molecular flexibility index (Phi) is 3.08. The Morgan fingerprint density at radius 2 is 2.00 bits per heavy atom. The van der Waals surface area contributed by atoms with Crippen molar-refractivity contribution in [3.8, 4) is 0 Å². The highest BCUT2D eigenvalue weighted by Gasteiger charge is 2.25. The summed E-state index contributed by atoms with van der Waals surface area (Å²) in [6, 6.07) is 10.7. The van der Waals surface area contributed by atoms with Gasteiger partial charge in [0.05, 0.1) is 0 Å². The average Bonchev–Trinajstić information content (AvgIpc) is 2.70. The molecule has 3 heteroatoms. The van der Waals surface area contributed by atoms with Crippen molar-refractivity contribution in [1.29, 1.82) is 0 Å². The van der Waals surface area contributed by atoms with Crippen molar-refractivity contribution >= 4 is 11.3 Å². The number of thiophene rings is 1. The first kappa shape index (κ1) is 11.3. The molecule has 1 unspecified atom stereocenters. The van der Waals surface area contributed by atoms with Gasteiger partial charge < -0.3 is 5.73 Å². The second-order valence-electron chi connectivity index (χ2n) is 4.15. The quantitative estimate of drug-likeness (QED) is 0.868. The van der Waals surface area contributed by atoms with Gasteiger partial charge in [0.1, 0.15) is 5.82 Å². The fourth-order valence-electron chi connectivity index (χ4n) is 1.79. The topological polar surface area (TPSA) is 26.0 Å². The molecule has 0 fully saturated rings. The average molecular weight is 235 g/mol. The van der Waals surface area contributed by atoms with Crippen LogP contribution in [0.5, 0.6) is 0 Å². The minimum atomic E-state index is -0.657. The summed E-state index contributed by atoms with van der Waals surface area (Å²) in [5.74, 6) is -0.232. The van der Waals surface area contributed by atoms with Gasteiger partial charge in [-0.1, -0.05) is 24.3 Å². The molecule has 0 spiro atoms. The number of halogens is 1. The molecule has 84 valence electrons. The van der Waals surface area contributed by atoms with Crippen LogP contribution in [0.2, 0.25) is 0 Å². The number of hydrogen-bond acceptors (Lipinski definition) is 2. The Hall–Kier alpha value is -1.19. The fraction of sp³-hybridized carbons (Fsp3) is 0.231. The SMILES string of the molecule is CC(N)(Cc1cccs1)c1ccccc1F. The lowest BCUT2D eigenvalue weighted by Crippen LogP contribution is -2.36. The molecule has 16 heavy (non-hydrogen) atoms. The van der Waals surface area contributed by atoms with E-state index in [9.17, 15) is 4.39 Å². The maximum absolute atomic E-state index is 13.6. The monoisotopic (exact) mass is 235 g/mol. The van der Waals surface area contributed by atoms with Crippen molar-refractivity contribution in [3.63, 3.8) is 0 Å². The first-order chi connectivity index (χ1) is 7.59. The number of nitrogens with two attached hydrogens (primary N) is 1. The van der Waals surface area contributed by atoms with Crippen LogP contribution in [0.4, 0.5) is 4.39 Å². The maximum atomic E-state index is 13.6. The predicted octanol–water partition coefficient (Wildman–Crippen LogP) is 3.30. The van der Waals surface area contributed by atoms with Crippen molar-refractivity contribution in [2.75, 3.05) is 0 Å². The van der Waals surface area contributed by atoms with Gasteiger partial charge in [0.25, 0.3) is 0 Å². The van der Waals surface area contributed by atoms with E-state index >= 15 is 0 Å². The first-order valence-electron chi connectivity index (χ1n) is 5.16. The molecule has 0 saturated carbocycles. The molecule has 0 radical (unpaired) electrons. The Balaban J connectivity index is 2.28. The highest BCUT2D eigenvalue weighted by molar-refractivity contribution is 7.09. The molecule has 1 heterocycles. The van der Waals surface area contributed by atoms with Crippen LogP contribution in [0, 0.1) is 5.82 Å². The predicted molar refractivity (Wildman–Crippen MR) is 66.0 cm³/mol. The molecule has 1 nitrogen and oxygen atoms in total. The third-order valence-corrected chi connectivity index (χ3v) is 3.49. The van der Waals surface area contributed by atoms with Crippen molar-refractivity contribution in [3.05, 3.63) is 58.0 Å². The van der Waals surface area contributed by atoms with E-state index in [0.29, 0.717) is 12.0 Å². The molecule has 1 aromatic carbocycles. The summed E-state index contributed by atoms with van der Waals surface area (Å²) in [6.07, 6.45) is 0.658. The smallest absolute Gasteiger partial charge is 0.128 e. The van der Waals surface area contributed by atoms with E-state index in [4.69, 9.17) is 5.73 Å². The minimum Gasteiger partial charge on any atom is -0.321 e. The van der Waals surface area contributed by atoms with Gasteiger partial charge >= 0.3 is 0 Å². The summed E-state index contributed by atoms with van der Waals surface area (Å²) in [5, 5.41) is 2.01. The summed E-state index contributed by atoms with van der Waals surface area (Å²) in [6.45, 7) is 1.87. The van der Waals surface area contributed by atoms with Gasteiger partial charge in [-0.15, -0.1) is 11.3 Å². The van der Waals surface area contributed by atoms with Crippen molar-refractivity contribution in [2.45, 2.75) is 18.9 Å². The van der Waals surface area contributed by atoms with Crippen molar-refractivity contribution in [1.82, 2.24) is 0 Å². The third kappa shape index (κ3) is 2.31.